The molecule has 0 saturated carbocycles. The molecule has 6 rings (SSSR count). The molecule has 12 nitrogen and oxygen atoms in total. The number of methoxy groups -OCH3 is 8. The Morgan fingerprint density at radius 3 is 0.590 bits per heavy atom. The predicted molar refractivity (Wildman–Crippen MR) is 319 cm³/mol. The van der Waals surface area contributed by atoms with Crippen molar-refractivity contribution in [3.8, 4) is 69.0 Å². The average Bonchev–Trinajstić information content (AvgIpc) is 3.45. The first-order valence-corrected chi connectivity index (χ1v) is 26.3. The van der Waals surface area contributed by atoms with Crippen molar-refractivity contribution in [1.82, 2.24) is 0 Å². The van der Waals surface area contributed by atoms with E-state index in [0.29, 0.717) is 69.0 Å². The van der Waals surface area contributed by atoms with Gasteiger partial charge in [-0.2, -0.15) is 0 Å². The maximum absolute atomic E-state index is 6.19. The first-order chi connectivity index (χ1) is 37.6. The van der Waals surface area contributed by atoms with Crippen molar-refractivity contribution in [2.45, 2.75) is 92.6 Å². The lowest BCUT2D eigenvalue weighted by atomic mass is 10.1. The Hall–Kier alpha value is -8.12. The van der Waals surface area contributed by atoms with E-state index in [-0.39, 0.29) is 24.4 Å². The molecule has 0 spiro atoms. The van der Waals surface area contributed by atoms with Crippen molar-refractivity contribution in [3.63, 3.8) is 0 Å². The molecule has 6 aromatic rings. The molecule has 0 aliphatic carbocycles. The Morgan fingerprint density at radius 2 is 0.436 bits per heavy atom. The maximum Gasteiger partial charge on any atom is 0.203 e. The van der Waals surface area contributed by atoms with E-state index in [1.165, 1.54) is 0 Å². The van der Waals surface area contributed by atoms with Crippen LogP contribution in [0.15, 0.2) is 97.1 Å². The third kappa shape index (κ3) is 17.5. The normalized spacial score (nSPS) is 11.4. The summed E-state index contributed by atoms with van der Waals surface area (Å²) in [5.74, 6) is 7.59. The minimum atomic E-state index is 0.00791. The van der Waals surface area contributed by atoms with Gasteiger partial charge in [0.2, 0.25) is 23.0 Å². The largest absolute Gasteiger partial charge is 0.493 e. The Balaban J connectivity index is 0.000000288. The summed E-state index contributed by atoms with van der Waals surface area (Å²) in [6.07, 6.45) is 18.3. The summed E-state index contributed by atoms with van der Waals surface area (Å²) < 4.78 is 68.4. The summed E-state index contributed by atoms with van der Waals surface area (Å²) >= 11 is 0. The highest BCUT2D eigenvalue weighted by Crippen LogP contribution is 2.43. The first kappa shape index (κ1) is 60.7. The number of hydrogen-bond donors (Lipinski definition) is 0. The number of hydrogen-bond acceptors (Lipinski definition) is 12. The monoisotopic (exact) mass is 1060 g/mol. The summed E-state index contributed by atoms with van der Waals surface area (Å²) in [6, 6.07) is 32.2. The molecule has 0 unspecified atom stereocenters. The van der Waals surface area contributed by atoms with Gasteiger partial charge in [-0.15, -0.1) is 0 Å². The van der Waals surface area contributed by atoms with E-state index in [1.807, 2.05) is 127 Å². The molecule has 0 fully saturated rings. The lowest BCUT2D eigenvalue weighted by Crippen LogP contribution is -2.15. The highest BCUT2D eigenvalue weighted by molar-refractivity contribution is 5.78. The fourth-order valence-electron chi connectivity index (χ4n) is 7.99. The van der Waals surface area contributed by atoms with Crippen molar-refractivity contribution in [2.75, 3.05) is 56.9 Å². The van der Waals surface area contributed by atoms with Gasteiger partial charge < -0.3 is 56.8 Å². The number of rotatable bonds is 26. The smallest absolute Gasteiger partial charge is 0.203 e. The number of ether oxygens (including phenoxy) is 12. The second kappa shape index (κ2) is 30.6. The van der Waals surface area contributed by atoms with E-state index < -0.39 is 0 Å². The molecular weight excluding hydrogens is 985 g/mol. The van der Waals surface area contributed by atoms with E-state index in [0.717, 1.165) is 57.3 Å². The van der Waals surface area contributed by atoms with Gasteiger partial charge in [0.1, 0.15) is 0 Å². The standard InChI is InChI=1S/C34H42O6.C32H38O6/c1-9-28(10-2)40-34-31(37-7)21-27(22-32(34)38-8)18-16-25-13-11-24(12-14-25)15-17-26-19-29(35-5)33(39-23(3)4)30(20-26)36-6;1-21(2)37-31-27(33-5)17-25(18-28(31)34-6)15-13-23-9-11-24(12-10-23)14-16-26-19-29(35-7)32(38-22(3)4)30(20-26)36-8/h11-23,28H,9-10H2,1-8H3;9-22H,1-8H3/b17-15+,18-16+;15-13+,16-14+. The van der Waals surface area contributed by atoms with Crippen LogP contribution in [0.25, 0.3) is 48.6 Å². The molecule has 0 atom stereocenters. The molecule has 0 aliphatic rings. The van der Waals surface area contributed by atoms with Crippen LogP contribution in [0, 0.1) is 0 Å². The van der Waals surface area contributed by atoms with Crippen LogP contribution < -0.4 is 56.8 Å². The molecule has 0 heterocycles. The van der Waals surface area contributed by atoms with Gasteiger partial charge in [0.05, 0.1) is 81.3 Å². The van der Waals surface area contributed by atoms with Crippen LogP contribution in [0.3, 0.4) is 0 Å². The molecule has 12 heteroatoms. The van der Waals surface area contributed by atoms with Gasteiger partial charge in [-0.25, -0.2) is 0 Å². The van der Waals surface area contributed by atoms with Crippen molar-refractivity contribution < 1.29 is 56.8 Å². The molecule has 0 aromatic heterocycles. The molecule has 0 amide bonds. The van der Waals surface area contributed by atoms with Gasteiger partial charge >= 0.3 is 0 Å². The third-order valence-corrected chi connectivity index (χ3v) is 11.9. The van der Waals surface area contributed by atoms with Gasteiger partial charge in [-0.05, 0) is 147 Å². The van der Waals surface area contributed by atoms with Crippen LogP contribution in [-0.2, 0) is 0 Å². The van der Waals surface area contributed by atoms with Gasteiger partial charge in [-0.3, -0.25) is 0 Å². The lowest BCUT2D eigenvalue weighted by Gasteiger charge is -2.20. The first-order valence-electron chi connectivity index (χ1n) is 26.3. The zero-order valence-corrected chi connectivity index (χ0v) is 48.5. The fraction of sp³-hybridized carbons (Fsp3) is 0.333. The van der Waals surface area contributed by atoms with Crippen molar-refractivity contribution in [1.29, 1.82) is 0 Å². The van der Waals surface area contributed by atoms with E-state index in [9.17, 15) is 0 Å². The van der Waals surface area contributed by atoms with Gasteiger partial charge in [0.25, 0.3) is 0 Å². The molecule has 0 saturated heterocycles. The Morgan fingerprint density at radius 1 is 0.269 bits per heavy atom. The van der Waals surface area contributed by atoms with Gasteiger partial charge in [-0.1, -0.05) is 111 Å². The SMILES string of the molecule is CCC(CC)Oc1c(OC)cc(/C=C/c2ccc(/C=C/c3cc(OC)c(OC(C)C)c(OC)c3)cc2)cc1OC.COc1cc(/C=C/c2ccc(/C=C/c3cc(OC)c(OC(C)C)c(OC)c3)cc2)cc(OC)c1OC(C)C. The lowest BCUT2D eigenvalue weighted by molar-refractivity contribution is 0.177. The van der Waals surface area contributed by atoms with Crippen LogP contribution in [-0.4, -0.2) is 81.3 Å². The van der Waals surface area contributed by atoms with Crippen molar-refractivity contribution in [2.24, 2.45) is 0 Å². The summed E-state index contributed by atoms with van der Waals surface area (Å²) in [7, 11) is 13.1. The maximum atomic E-state index is 6.19. The minimum absolute atomic E-state index is 0.00791. The molecule has 416 valence electrons. The van der Waals surface area contributed by atoms with E-state index >= 15 is 0 Å². The van der Waals surface area contributed by atoms with Crippen molar-refractivity contribution in [3.05, 3.63) is 142 Å². The van der Waals surface area contributed by atoms with Crippen LogP contribution in [0.2, 0.25) is 0 Å². The highest BCUT2D eigenvalue weighted by Gasteiger charge is 2.19. The van der Waals surface area contributed by atoms with Crippen LogP contribution in [0.4, 0.5) is 0 Å². The fourth-order valence-corrected chi connectivity index (χ4v) is 7.99. The Kier molecular flexibility index (Phi) is 23.8. The molecular formula is C66H80O12. The average molecular weight is 1070 g/mol. The predicted octanol–water partition coefficient (Wildman–Crippen LogP) is 16.1. The molecule has 0 bridgehead atoms. The molecule has 0 N–H and O–H groups in total. The Labute approximate surface area is 463 Å². The van der Waals surface area contributed by atoms with E-state index in [2.05, 4.69) is 74.5 Å². The minimum Gasteiger partial charge on any atom is -0.493 e. The molecule has 0 aliphatic heterocycles. The van der Waals surface area contributed by atoms with Crippen molar-refractivity contribution >= 4 is 48.6 Å². The second-order valence-electron chi connectivity index (χ2n) is 18.7. The summed E-state index contributed by atoms with van der Waals surface area (Å²) in [6.45, 7) is 16.0. The zero-order valence-electron chi connectivity index (χ0n) is 48.5. The molecule has 0 radical (unpaired) electrons. The second-order valence-corrected chi connectivity index (χ2v) is 18.7. The molecule has 78 heavy (non-hydrogen) atoms. The summed E-state index contributed by atoms with van der Waals surface area (Å²) in [4.78, 5) is 0. The zero-order chi connectivity index (χ0) is 56.7. The molecule has 6 aromatic carbocycles. The van der Waals surface area contributed by atoms with Crippen LogP contribution >= 0.6 is 0 Å². The van der Waals surface area contributed by atoms with Gasteiger partial charge in [0, 0.05) is 0 Å². The van der Waals surface area contributed by atoms with Crippen LogP contribution in [0.1, 0.15) is 113 Å². The summed E-state index contributed by atoms with van der Waals surface area (Å²) in [5.41, 5.74) is 8.10. The van der Waals surface area contributed by atoms with Gasteiger partial charge in [0.15, 0.2) is 46.0 Å². The summed E-state index contributed by atoms with van der Waals surface area (Å²) in [5, 5.41) is 0. The number of benzene rings is 6. The Bertz CT molecular complexity index is 2740. The van der Waals surface area contributed by atoms with Crippen LogP contribution in [0.5, 0.6) is 69.0 Å². The third-order valence-electron chi connectivity index (χ3n) is 11.9. The highest BCUT2D eigenvalue weighted by atomic mass is 16.6. The van der Waals surface area contributed by atoms with E-state index in [4.69, 9.17) is 56.8 Å². The quantitative estimate of drug-likeness (QED) is 0.0482. The topological polar surface area (TPSA) is 111 Å². The van der Waals surface area contributed by atoms with E-state index in [1.54, 1.807) is 56.9 Å².